The number of hydrogen-bond acceptors (Lipinski definition) is 2. The molecule has 1 heterocycles. The number of aromatic nitrogens is 1. The monoisotopic (exact) mass is 332 g/mol. The lowest BCUT2D eigenvalue weighted by Gasteiger charge is -2.22. The second kappa shape index (κ2) is 6.87. The van der Waals surface area contributed by atoms with Crippen molar-refractivity contribution < 1.29 is 13.9 Å². The number of likely N-dealkylation sites (N-methyl/N-ethyl adjacent to an activating group) is 1. The lowest BCUT2D eigenvalue weighted by atomic mass is 10.1. The van der Waals surface area contributed by atoms with E-state index >= 15 is 0 Å². The minimum Gasteiger partial charge on any atom is -0.390 e. The molecule has 0 bridgehead atoms. The Morgan fingerprint density at radius 3 is 1.92 bits per heavy atom. The van der Waals surface area contributed by atoms with Gasteiger partial charge in [0.1, 0.15) is 11.6 Å². The summed E-state index contributed by atoms with van der Waals surface area (Å²) in [4.78, 5) is 2.12. The predicted octanol–water partition coefficient (Wildman–Crippen LogP) is 3.78. The SMILES string of the molecule is CCN(CC)CC(O)Cn1c2cc(F)ccc2c2ccc(F)cc21. The zero-order valence-corrected chi connectivity index (χ0v) is 14.0. The highest BCUT2D eigenvalue weighted by molar-refractivity contribution is 6.08. The van der Waals surface area contributed by atoms with E-state index in [9.17, 15) is 13.9 Å². The lowest BCUT2D eigenvalue weighted by Crippen LogP contribution is -2.34. The van der Waals surface area contributed by atoms with Gasteiger partial charge in [0.2, 0.25) is 0 Å². The molecule has 0 fully saturated rings. The fraction of sp³-hybridized carbons (Fsp3) is 0.368. The number of aliphatic hydroxyl groups is 1. The Balaban J connectivity index is 2.07. The zero-order valence-electron chi connectivity index (χ0n) is 14.0. The molecule has 0 aliphatic carbocycles. The van der Waals surface area contributed by atoms with E-state index in [2.05, 4.69) is 4.90 Å². The zero-order chi connectivity index (χ0) is 17.3. The molecular formula is C19H22F2N2O. The molecule has 0 spiro atoms. The maximum Gasteiger partial charge on any atom is 0.125 e. The van der Waals surface area contributed by atoms with Crippen LogP contribution in [0.1, 0.15) is 13.8 Å². The largest absolute Gasteiger partial charge is 0.390 e. The molecule has 3 nitrogen and oxygen atoms in total. The molecule has 2 aromatic carbocycles. The van der Waals surface area contributed by atoms with Crippen molar-refractivity contribution in [3.05, 3.63) is 48.0 Å². The fourth-order valence-electron chi connectivity index (χ4n) is 3.29. The van der Waals surface area contributed by atoms with Gasteiger partial charge in [-0.15, -0.1) is 0 Å². The van der Waals surface area contributed by atoms with Crippen molar-refractivity contribution in [2.24, 2.45) is 0 Å². The number of halogens is 2. The number of fused-ring (bicyclic) bond motifs is 3. The molecule has 0 amide bonds. The number of benzene rings is 2. The van der Waals surface area contributed by atoms with Crippen LogP contribution >= 0.6 is 0 Å². The Kier molecular flexibility index (Phi) is 4.83. The second-order valence-electron chi connectivity index (χ2n) is 6.07. The number of aliphatic hydroxyl groups excluding tert-OH is 1. The average Bonchev–Trinajstić information content (AvgIpc) is 2.85. The highest BCUT2D eigenvalue weighted by atomic mass is 19.1. The molecule has 0 saturated heterocycles. The molecule has 1 atom stereocenters. The molecule has 128 valence electrons. The molecule has 0 radical (unpaired) electrons. The van der Waals surface area contributed by atoms with Crippen LogP contribution in [0, 0.1) is 11.6 Å². The van der Waals surface area contributed by atoms with E-state index in [1.807, 2.05) is 18.4 Å². The lowest BCUT2D eigenvalue weighted by molar-refractivity contribution is 0.105. The van der Waals surface area contributed by atoms with Gasteiger partial charge in [-0.25, -0.2) is 8.78 Å². The van der Waals surface area contributed by atoms with Crippen molar-refractivity contribution >= 4 is 21.8 Å². The van der Waals surface area contributed by atoms with E-state index < -0.39 is 6.10 Å². The van der Waals surface area contributed by atoms with Gasteiger partial charge in [0.05, 0.1) is 23.7 Å². The molecule has 24 heavy (non-hydrogen) atoms. The third kappa shape index (κ3) is 3.14. The van der Waals surface area contributed by atoms with E-state index in [4.69, 9.17) is 0 Å². The van der Waals surface area contributed by atoms with Gasteiger partial charge < -0.3 is 14.6 Å². The van der Waals surface area contributed by atoms with Crippen LogP contribution in [-0.4, -0.2) is 40.3 Å². The van der Waals surface area contributed by atoms with Crippen LogP contribution in [0.25, 0.3) is 21.8 Å². The van der Waals surface area contributed by atoms with Gasteiger partial charge in [-0.3, -0.25) is 0 Å². The predicted molar refractivity (Wildman–Crippen MR) is 93.2 cm³/mol. The molecule has 1 N–H and O–H groups in total. The van der Waals surface area contributed by atoms with E-state index in [-0.39, 0.29) is 11.6 Å². The van der Waals surface area contributed by atoms with Gasteiger partial charge in [0.15, 0.2) is 0 Å². The highest BCUT2D eigenvalue weighted by Crippen LogP contribution is 2.30. The van der Waals surface area contributed by atoms with Crippen molar-refractivity contribution in [2.75, 3.05) is 19.6 Å². The summed E-state index contributed by atoms with van der Waals surface area (Å²) in [5, 5.41) is 12.2. The van der Waals surface area contributed by atoms with Crippen LogP contribution < -0.4 is 0 Å². The summed E-state index contributed by atoms with van der Waals surface area (Å²) in [6, 6.07) is 9.11. The highest BCUT2D eigenvalue weighted by Gasteiger charge is 2.16. The maximum absolute atomic E-state index is 13.7. The Bertz CT molecular complexity index is 796. The molecular weight excluding hydrogens is 310 g/mol. The van der Waals surface area contributed by atoms with E-state index in [1.54, 1.807) is 12.1 Å². The van der Waals surface area contributed by atoms with Gasteiger partial charge in [-0.2, -0.15) is 0 Å². The molecule has 1 unspecified atom stereocenters. The third-order valence-corrected chi connectivity index (χ3v) is 4.55. The first-order valence-electron chi connectivity index (χ1n) is 8.31. The van der Waals surface area contributed by atoms with Gasteiger partial charge in [0.25, 0.3) is 0 Å². The van der Waals surface area contributed by atoms with Crippen LogP contribution in [0.15, 0.2) is 36.4 Å². The topological polar surface area (TPSA) is 28.4 Å². The van der Waals surface area contributed by atoms with Crippen LogP contribution in [0.4, 0.5) is 8.78 Å². The number of nitrogens with zero attached hydrogens (tertiary/aromatic N) is 2. The van der Waals surface area contributed by atoms with Gasteiger partial charge in [0, 0.05) is 17.3 Å². The van der Waals surface area contributed by atoms with E-state index in [1.165, 1.54) is 24.3 Å². The van der Waals surface area contributed by atoms with Crippen LogP contribution in [0.2, 0.25) is 0 Å². The molecule has 5 heteroatoms. The smallest absolute Gasteiger partial charge is 0.125 e. The third-order valence-electron chi connectivity index (χ3n) is 4.55. The molecule has 1 aromatic heterocycles. The summed E-state index contributed by atoms with van der Waals surface area (Å²) >= 11 is 0. The van der Waals surface area contributed by atoms with Gasteiger partial charge >= 0.3 is 0 Å². The number of hydrogen-bond donors (Lipinski definition) is 1. The minimum absolute atomic E-state index is 0.295. The standard InChI is InChI=1S/C19H22F2N2O/c1-3-22(4-2)11-15(24)12-23-18-9-13(20)5-7-16(18)17-8-6-14(21)10-19(17)23/h5-10,15,24H,3-4,11-12H2,1-2H3. The van der Waals surface area contributed by atoms with Gasteiger partial charge in [-0.05, 0) is 49.5 Å². The van der Waals surface area contributed by atoms with E-state index in [0.717, 1.165) is 23.9 Å². The number of rotatable bonds is 6. The fourth-order valence-corrected chi connectivity index (χ4v) is 3.29. The van der Waals surface area contributed by atoms with Crippen LogP contribution in [-0.2, 0) is 6.54 Å². The molecule has 0 aliphatic heterocycles. The Hall–Kier alpha value is -1.98. The van der Waals surface area contributed by atoms with Crippen molar-refractivity contribution in [1.29, 1.82) is 0 Å². The first-order valence-corrected chi connectivity index (χ1v) is 8.31. The average molecular weight is 332 g/mol. The van der Waals surface area contributed by atoms with Crippen LogP contribution in [0.3, 0.4) is 0 Å². The van der Waals surface area contributed by atoms with Gasteiger partial charge in [-0.1, -0.05) is 13.8 Å². The van der Waals surface area contributed by atoms with Crippen LogP contribution in [0.5, 0.6) is 0 Å². The summed E-state index contributed by atoms with van der Waals surface area (Å²) in [7, 11) is 0. The Labute approximate surface area is 140 Å². The Morgan fingerprint density at radius 2 is 1.46 bits per heavy atom. The van der Waals surface area contributed by atoms with E-state index in [0.29, 0.717) is 24.1 Å². The second-order valence-corrected chi connectivity index (χ2v) is 6.07. The molecule has 0 aliphatic rings. The maximum atomic E-state index is 13.7. The van der Waals surface area contributed by atoms with Crippen molar-refractivity contribution in [3.63, 3.8) is 0 Å². The summed E-state index contributed by atoms with van der Waals surface area (Å²) < 4.78 is 29.3. The first kappa shape index (κ1) is 16.9. The summed E-state index contributed by atoms with van der Waals surface area (Å²) in [6.07, 6.45) is -0.616. The quantitative estimate of drug-likeness (QED) is 0.744. The molecule has 3 rings (SSSR count). The van der Waals surface area contributed by atoms with Crippen molar-refractivity contribution in [2.45, 2.75) is 26.5 Å². The minimum atomic E-state index is -0.616. The first-order chi connectivity index (χ1) is 11.5. The summed E-state index contributed by atoms with van der Waals surface area (Å²) in [6.45, 7) is 6.61. The Morgan fingerprint density at radius 1 is 0.958 bits per heavy atom. The molecule has 0 saturated carbocycles. The van der Waals surface area contributed by atoms with Crippen molar-refractivity contribution in [1.82, 2.24) is 9.47 Å². The normalized spacial score (nSPS) is 13.2. The van der Waals surface area contributed by atoms with Crippen molar-refractivity contribution in [3.8, 4) is 0 Å². The summed E-state index contributed by atoms with van der Waals surface area (Å²) in [5.74, 6) is -0.685. The molecule has 3 aromatic rings. The summed E-state index contributed by atoms with van der Waals surface area (Å²) in [5.41, 5.74) is 1.35.